The van der Waals surface area contributed by atoms with Crippen LogP contribution in [-0.4, -0.2) is 44.9 Å². The van der Waals surface area contributed by atoms with Crippen molar-refractivity contribution in [2.45, 2.75) is 45.7 Å². The predicted octanol–water partition coefficient (Wildman–Crippen LogP) is 1.67. The lowest BCUT2D eigenvalue weighted by atomic mass is 10.0. The highest BCUT2D eigenvalue weighted by Crippen LogP contribution is 2.08. The van der Waals surface area contributed by atoms with Crippen molar-refractivity contribution in [2.24, 2.45) is 5.92 Å². The van der Waals surface area contributed by atoms with Crippen LogP contribution in [0.4, 0.5) is 0 Å². The Bertz CT molecular complexity index is 800. The maximum Gasteiger partial charge on any atom is 0.326 e. The molecule has 0 aliphatic rings. The van der Waals surface area contributed by atoms with Crippen molar-refractivity contribution in [3.05, 3.63) is 53.6 Å². The average molecular weight is 386 g/mol. The fourth-order valence-electron chi connectivity index (χ4n) is 2.74. The SMILES string of the molecule is Cc1ccc(C(=O)NC(Cc2cnc[nH]2)C(=O)NC(CC(C)C)C(=O)O)cc1. The molecular weight excluding hydrogens is 360 g/mol. The number of carboxylic acid groups (broad SMARTS) is 1. The van der Waals surface area contributed by atoms with Gasteiger partial charge in [0.1, 0.15) is 12.1 Å². The number of H-pyrrole nitrogens is 1. The zero-order chi connectivity index (χ0) is 20.7. The Morgan fingerprint density at radius 3 is 2.32 bits per heavy atom. The Morgan fingerprint density at radius 2 is 1.79 bits per heavy atom. The van der Waals surface area contributed by atoms with E-state index in [-0.39, 0.29) is 12.3 Å². The van der Waals surface area contributed by atoms with Crippen LogP contribution in [0.3, 0.4) is 0 Å². The number of aromatic nitrogens is 2. The number of hydrogen-bond acceptors (Lipinski definition) is 4. The number of carboxylic acids is 1. The lowest BCUT2D eigenvalue weighted by molar-refractivity contribution is -0.142. The molecule has 28 heavy (non-hydrogen) atoms. The van der Waals surface area contributed by atoms with Crippen molar-refractivity contribution in [2.75, 3.05) is 0 Å². The van der Waals surface area contributed by atoms with Gasteiger partial charge in [-0.25, -0.2) is 9.78 Å². The minimum atomic E-state index is -1.10. The summed E-state index contributed by atoms with van der Waals surface area (Å²) in [5.74, 6) is -1.97. The maximum atomic E-state index is 12.8. The molecule has 0 saturated carbocycles. The molecule has 8 heteroatoms. The van der Waals surface area contributed by atoms with Crippen molar-refractivity contribution < 1.29 is 19.5 Å². The van der Waals surface area contributed by atoms with E-state index in [4.69, 9.17) is 0 Å². The number of imidazole rings is 1. The van der Waals surface area contributed by atoms with Gasteiger partial charge in [0.15, 0.2) is 0 Å². The largest absolute Gasteiger partial charge is 0.480 e. The van der Waals surface area contributed by atoms with E-state index in [9.17, 15) is 19.5 Å². The molecule has 2 amide bonds. The highest BCUT2D eigenvalue weighted by Gasteiger charge is 2.28. The summed E-state index contributed by atoms with van der Waals surface area (Å²) >= 11 is 0. The van der Waals surface area contributed by atoms with E-state index in [1.165, 1.54) is 6.33 Å². The maximum absolute atomic E-state index is 12.8. The van der Waals surface area contributed by atoms with Crippen molar-refractivity contribution >= 4 is 17.8 Å². The zero-order valence-corrected chi connectivity index (χ0v) is 16.2. The Kier molecular flexibility index (Phi) is 7.31. The van der Waals surface area contributed by atoms with E-state index in [0.717, 1.165) is 5.56 Å². The number of aromatic amines is 1. The van der Waals surface area contributed by atoms with Crippen LogP contribution < -0.4 is 10.6 Å². The Labute approximate surface area is 163 Å². The van der Waals surface area contributed by atoms with Gasteiger partial charge < -0.3 is 20.7 Å². The fraction of sp³-hybridized carbons (Fsp3) is 0.400. The first-order chi connectivity index (χ1) is 13.3. The molecule has 2 unspecified atom stereocenters. The Hall–Kier alpha value is -3.16. The van der Waals surface area contributed by atoms with Gasteiger partial charge in [-0.3, -0.25) is 9.59 Å². The van der Waals surface area contributed by atoms with Crippen molar-refractivity contribution in [3.63, 3.8) is 0 Å². The van der Waals surface area contributed by atoms with Crippen molar-refractivity contribution in [1.82, 2.24) is 20.6 Å². The van der Waals surface area contributed by atoms with Crippen LogP contribution in [0, 0.1) is 12.8 Å². The van der Waals surface area contributed by atoms with Gasteiger partial charge in [-0.2, -0.15) is 0 Å². The summed E-state index contributed by atoms with van der Waals surface area (Å²) < 4.78 is 0. The molecule has 0 aliphatic heterocycles. The summed E-state index contributed by atoms with van der Waals surface area (Å²) in [6.45, 7) is 5.67. The molecular formula is C20H26N4O4. The Balaban J connectivity index is 2.15. The number of aliphatic carboxylic acids is 1. The molecule has 150 valence electrons. The van der Waals surface area contributed by atoms with E-state index >= 15 is 0 Å². The molecule has 4 N–H and O–H groups in total. The van der Waals surface area contributed by atoms with Crippen LogP contribution in [0.5, 0.6) is 0 Å². The van der Waals surface area contributed by atoms with Gasteiger partial charge in [0.05, 0.1) is 6.33 Å². The van der Waals surface area contributed by atoms with Gasteiger partial charge in [0.25, 0.3) is 5.91 Å². The lowest BCUT2D eigenvalue weighted by Crippen LogP contribution is -2.52. The molecule has 8 nitrogen and oxygen atoms in total. The van der Waals surface area contributed by atoms with Crippen molar-refractivity contribution in [1.29, 1.82) is 0 Å². The van der Waals surface area contributed by atoms with Gasteiger partial charge in [0, 0.05) is 23.9 Å². The van der Waals surface area contributed by atoms with Gasteiger partial charge >= 0.3 is 5.97 Å². The number of nitrogens with zero attached hydrogens (tertiary/aromatic N) is 1. The summed E-state index contributed by atoms with van der Waals surface area (Å²) in [4.78, 5) is 43.6. The van der Waals surface area contributed by atoms with E-state index in [1.54, 1.807) is 18.3 Å². The standard InChI is InChI=1S/C20H26N4O4/c1-12(2)8-17(20(27)28)24-19(26)16(9-15-10-21-11-22-15)23-18(25)14-6-4-13(3)5-7-14/h4-7,10-12,16-17H,8-9H2,1-3H3,(H,21,22)(H,23,25)(H,24,26)(H,27,28). The summed E-state index contributed by atoms with van der Waals surface area (Å²) in [5, 5.41) is 14.6. The van der Waals surface area contributed by atoms with Gasteiger partial charge in [-0.05, 0) is 31.4 Å². The number of aryl methyl sites for hydroxylation is 1. The molecule has 0 aliphatic carbocycles. The number of amides is 2. The molecule has 0 spiro atoms. The molecule has 1 aromatic carbocycles. The third kappa shape index (κ3) is 6.22. The third-order valence-corrected chi connectivity index (χ3v) is 4.24. The molecule has 0 radical (unpaired) electrons. The van der Waals surface area contributed by atoms with Crippen LogP contribution in [0.25, 0.3) is 0 Å². The highest BCUT2D eigenvalue weighted by molar-refractivity contribution is 5.98. The number of hydrogen-bond donors (Lipinski definition) is 4. The van der Waals surface area contributed by atoms with E-state index in [1.807, 2.05) is 32.9 Å². The molecule has 1 heterocycles. The van der Waals surface area contributed by atoms with Gasteiger partial charge in [-0.1, -0.05) is 31.5 Å². The van der Waals surface area contributed by atoms with Crippen LogP contribution in [0.15, 0.2) is 36.8 Å². The third-order valence-electron chi connectivity index (χ3n) is 4.24. The van der Waals surface area contributed by atoms with E-state index in [0.29, 0.717) is 17.7 Å². The minimum absolute atomic E-state index is 0.0922. The zero-order valence-electron chi connectivity index (χ0n) is 16.2. The quantitative estimate of drug-likeness (QED) is 0.522. The number of benzene rings is 1. The minimum Gasteiger partial charge on any atom is -0.480 e. The van der Waals surface area contributed by atoms with Crippen LogP contribution in [-0.2, 0) is 16.0 Å². The van der Waals surface area contributed by atoms with E-state index < -0.39 is 29.9 Å². The topological polar surface area (TPSA) is 124 Å². The molecule has 0 bridgehead atoms. The second-order valence-corrected chi connectivity index (χ2v) is 7.20. The molecule has 2 atom stereocenters. The van der Waals surface area contributed by atoms with Gasteiger partial charge in [-0.15, -0.1) is 0 Å². The van der Waals surface area contributed by atoms with E-state index in [2.05, 4.69) is 20.6 Å². The molecule has 0 saturated heterocycles. The monoisotopic (exact) mass is 386 g/mol. The molecule has 2 aromatic rings. The van der Waals surface area contributed by atoms with Crippen LogP contribution in [0.2, 0.25) is 0 Å². The fourth-order valence-corrected chi connectivity index (χ4v) is 2.74. The summed E-state index contributed by atoms with van der Waals surface area (Å²) in [7, 11) is 0. The number of carbonyl (C=O) groups excluding carboxylic acids is 2. The van der Waals surface area contributed by atoms with Crippen LogP contribution >= 0.6 is 0 Å². The van der Waals surface area contributed by atoms with Crippen molar-refractivity contribution in [3.8, 4) is 0 Å². The number of rotatable bonds is 9. The second kappa shape index (κ2) is 9.68. The first-order valence-electron chi connectivity index (χ1n) is 9.14. The first kappa shape index (κ1) is 21.1. The summed E-state index contributed by atoms with van der Waals surface area (Å²) in [6, 6.07) is 5.00. The molecule has 0 fully saturated rings. The number of carbonyl (C=O) groups is 3. The molecule has 1 aromatic heterocycles. The lowest BCUT2D eigenvalue weighted by Gasteiger charge is -2.22. The van der Waals surface area contributed by atoms with Crippen LogP contribution in [0.1, 0.15) is 41.9 Å². The smallest absolute Gasteiger partial charge is 0.326 e. The normalized spacial score (nSPS) is 13.0. The second-order valence-electron chi connectivity index (χ2n) is 7.20. The highest BCUT2D eigenvalue weighted by atomic mass is 16.4. The average Bonchev–Trinajstić information content (AvgIpc) is 3.13. The van der Waals surface area contributed by atoms with Gasteiger partial charge in [0.2, 0.25) is 5.91 Å². The summed E-state index contributed by atoms with van der Waals surface area (Å²) in [6.07, 6.45) is 3.49. The molecule has 2 rings (SSSR count). The predicted molar refractivity (Wildman–Crippen MR) is 104 cm³/mol. The Morgan fingerprint density at radius 1 is 1.11 bits per heavy atom. The number of nitrogens with one attached hydrogen (secondary N) is 3. The first-order valence-corrected chi connectivity index (χ1v) is 9.14. The summed E-state index contributed by atoms with van der Waals surface area (Å²) in [5.41, 5.74) is 2.09.